The van der Waals surface area contributed by atoms with E-state index in [4.69, 9.17) is 0 Å². The summed E-state index contributed by atoms with van der Waals surface area (Å²) in [6.07, 6.45) is 2.82. The van der Waals surface area contributed by atoms with Gasteiger partial charge in [-0.1, -0.05) is 41.5 Å². The van der Waals surface area contributed by atoms with Gasteiger partial charge in [0.05, 0.1) is 9.72 Å². The van der Waals surface area contributed by atoms with Gasteiger partial charge in [0.25, 0.3) is 11.1 Å². The summed E-state index contributed by atoms with van der Waals surface area (Å²) < 4.78 is 0. The third kappa shape index (κ3) is 3.05. The molecule has 26 heavy (non-hydrogen) atoms. The van der Waals surface area contributed by atoms with Crippen molar-refractivity contribution < 1.29 is 19.3 Å². The third-order valence-electron chi connectivity index (χ3n) is 6.83. The number of rotatable bonds is 4. The molecule has 2 aliphatic carbocycles. The maximum atomic E-state index is 13.4. The Balaban J connectivity index is 2.60. The van der Waals surface area contributed by atoms with Crippen LogP contribution in [0.2, 0.25) is 0 Å². The molecule has 0 aliphatic heterocycles. The van der Waals surface area contributed by atoms with E-state index in [1.807, 2.05) is 41.5 Å². The normalized spacial score (nSPS) is 37.2. The summed E-state index contributed by atoms with van der Waals surface area (Å²) >= 11 is 0. The van der Waals surface area contributed by atoms with Gasteiger partial charge >= 0.3 is 0 Å². The maximum absolute atomic E-state index is 13.4. The molecule has 2 aliphatic rings. The lowest BCUT2D eigenvalue weighted by Crippen LogP contribution is -2.62. The number of hydrogen-bond donors (Lipinski definition) is 0. The van der Waals surface area contributed by atoms with Crippen LogP contribution in [0.1, 0.15) is 80.1 Å². The molecule has 0 aromatic carbocycles. The zero-order chi connectivity index (χ0) is 19.9. The van der Waals surface area contributed by atoms with Gasteiger partial charge in [0.1, 0.15) is 0 Å². The van der Waals surface area contributed by atoms with Gasteiger partial charge in [0, 0.05) is 37.5 Å². The van der Waals surface area contributed by atoms with Crippen molar-refractivity contribution in [1.82, 2.24) is 0 Å². The molecule has 0 saturated heterocycles. The van der Waals surface area contributed by atoms with Gasteiger partial charge in [0.2, 0.25) is 11.6 Å². The smallest absolute Gasteiger partial charge is 0.297 e. The van der Waals surface area contributed by atoms with E-state index in [1.165, 1.54) is 0 Å². The van der Waals surface area contributed by atoms with Crippen LogP contribution in [0.4, 0.5) is 0 Å². The van der Waals surface area contributed by atoms with Gasteiger partial charge in [-0.3, -0.25) is 9.59 Å². The first-order valence-corrected chi connectivity index (χ1v) is 10.0. The van der Waals surface area contributed by atoms with E-state index in [0.717, 1.165) is 12.8 Å². The van der Waals surface area contributed by atoms with E-state index in [-0.39, 0.29) is 35.2 Å². The van der Waals surface area contributed by atoms with Crippen molar-refractivity contribution in [2.24, 2.45) is 23.7 Å². The first-order chi connectivity index (χ1) is 12.0. The predicted octanol–water partition coefficient (Wildman–Crippen LogP) is 4.03. The summed E-state index contributed by atoms with van der Waals surface area (Å²) in [5.74, 6) is -0.481. The zero-order valence-corrected chi connectivity index (χ0v) is 17.1. The zero-order valence-electron chi connectivity index (χ0n) is 17.1. The Labute approximate surface area is 156 Å². The van der Waals surface area contributed by atoms with Crippen LogP contribution < -0.4 is 0 Å². The average Bonchev–Trinajstić information content (AvgIpc) is 2.53. The fourth-order valence-electron chi connectivity index (χ4n) is 4.79. The molecule has 0 bridgehead atoms. The summed E-state index contributed by atoms with van der Waals surface area (Å²) in [7, 11) is 0. The number of ketones is 2. The quantitative estimate of drug-likeness (QED) is 0.427. The Bertz CT molecular complexity index is 561. The summed E-state index contributed by atoms with van der Waals surface area (Å²) in [5, 5.41) is 26.7. The first-order valence-electron chi connectivity index (χ1n) is 10.0. The number of carbonyl (C=O) groups is 2. The Kier molecular flexibility index (Phi) is 5.83. The van der Waals surface area contributed by atoms with Crippen LogP contribution in [0.3, 0.4) is 0 Å². The Morgan fingerprint density at radius 3 is 1.35 bits per heavy atom. The molecule has 0 N–H and O–H groups in total. The second-order valence-electron chi connectivity index (χ2n) is 9.25. The van der Waals surface area contributed by atoms with Crippen LogP contribution in [-0.4, -0.2) is 32.4 Å². The lowest BCUT2D eigenvalue weighted by Gasteiger charge is -2.39. The van der Waals surface area contributed by atoms with E-state index >= 15 is 0 Å². The molecule has 4 atom stereocenters. The van der Waals surface area contributed by atoms with Crippen molar-refractivity contribution in [1.29, 1.82) is 0 Å². The minimum Gasteiger partial charge on any atom is -0.566 e. The van der Waals surface area contributed by atoms with Crippen molar-refractivity contribution in [3.05, 3.63) is 10.4 Å². The van der Waals surface area contributed by atoms with Crippen LogP contribution >= 0.6 is 0 Å². The molecule has 148 valence electrons. The van der Waals surface area contributed by atoms with Gasteiger partial charge in [-0.05, 0) is 24.7 Å². The molecule has 6 nitrogen and oxygen atoms in total. The number of azo groups is 1. The topological polar surface area (TPSA) is 86.3 Å². The molecule has 0 spiro atoms. The fraction of sp³-hybridized carbons (Fsp3) is 0.900. The largest absolute Gasteiger partial charge is 0.566 e. The summed E-state index contributed by atoms with van der Waals surface area (Å²) in [5.41, 5.74) is -2.72. The highest BCUT2D eigenvalue weighted by Crippen LogP contribution is 2.41. The average molecular weight is 367 g/mol. The maximum Gasteiger partial charge on any atom is 0.297 e. The molecule has 0 amide bonds. The van der Waals surface area contributed by atoms with Gasteiger partial charge < -0.3 is 10.4 Å². The van der Waals surface area contributed by atoms with Gasteiger partial charge in [-0.25, -0.2) is 0 Å². The van der Waals surface area contributed by atoms with Crippen LogP contribution in [0.5, 0.6) is 0 Å². The van der Waals surface area contributed by atoms with Crippen LogP contribution in [0.25, 0.3) is 0 Å². The second kappa shape index (κ2) is 7.28. The van der Waals surface area contributed by atoms with Crippen LogP contribution in [0, 0.1) is 34.1 Å². The predicted molar refractivity (Wildman–Crippen MR) is 98.4 cm³/mol. The highest BCUT2D eigenvalue weighted by Gasteiger charge is 2.62. The summed E-state index contributed by atoms with van der Waals surface area (Å²) in [6.45, 7) is 11.3. The molecule has 2 rings (SSSR count). The minimum atomic E-state index is -1.36. The second-order valence-corrected chi connectivity index (χ2v) is 9.25. The molecule has 2 saturated carbocycles. The van der Waals surface area contributed by atoms with Gasteiger partial charge in [-0.15, -0.1) is 0 Å². The van der Waals surface area contributed by atoms with E-state index in [9.17, 15) is 20.0 Å². The Morgan fingerprint density at radius 2 is 1.12 bits per heavy atom. The molecule has 0 aromatic heterocycles. The SMILES string of the molecule is CC1CCC(C(C)C)(/[N+]([O-])=[N+](\[O-])C2(C(C)C)CCC(C)CC2=O)C(=O)C1. The van der Waals surface area contributed by atoms with Crippen LogP contribution in [0.15, 0.2) is 0 Å². The fourth-order valence-corrected chi connectivity index (χ4v) is 4.79. The third-order valence-corrected chi connectivity index (χ3v) is 6.83. The number of Topliss-reactive ketones (excluding diaryl/α,β-unsaturated/α-hetero) is 2. The van der Waals surface area contributed by atoms with Crippen molar-refractivity contribution in [2.75, 3.05) is 0 Å². The number of hydrogen-bond acceptors (Lipinski definition) is 4. The van der Waals surface area contributed by atoms with Crippen molar-refractivity contribution in [2.45, 2.75) is 91.1 Å². The number of nitrogens with zero attached hydrogens (tertiary/aromatic N) is 2. The van der Waals surface area contributed by atoms with Gasteiger partial charge in [0.15, 0.2) is 0 Å². The van der Waals surface area contributed by atoms with Crippen LogP contribution in [-0.2, 0) is 9.59 Å². The van der Waals surface area contributed by atoms with E-state index in [2.05, 4.69) is 0 Å². The summed E-state index contributed by atoms with van der Waals surface area (Å²) in [6, 6.07) is 0. The lowest BCUT2D eigenvalue weighted by atomic mass is 9.69. The molecule has 0 radical (unpaired) electrons. The van der Waals surface area contributed by atoms with Crippen molar-refractivity contribution >= 4 is 11.6 Å². The molecule has 6 heteroatoms. The van der Waals surface area contributed by atoms with E-state index in [0.29, 0.717) is 35.4 Å². The van der Waals surface area contributed by atoms with E-state index < -0.39 is 11.1 Å². The molecule has 2 fully saturated rings. The molecular weight excluding hydrogens is 332 g/mol. The molecular formula is C20H34N2O4. The highest BCUT2D eigenvalue weighted by atomic mass is 16.6. The Morgan fingerprint density at radius 1 is 0.808 bits per heavy atom. The molecule has 0 aromatic rings. The molecule has 4 unspecified atom stereocenters. The van der Waals surface area contributed by atoms with E-state index in [1.54, 1.807) is 0 Å². The van der Waals surface area contributed by atoms with Gasteiger partial charge in [-0.2, -0.15) is 0 Å². The Hall–Kier alpha value is -1.46. The number of carbonyl (C=O) groups excluding carboxylic acids is 2. The first kappa shape index (κ1) is 20.8. The molecule has 0 heterocycles. The highest BCUT2D eigenvalue weighted by molar-refractivity contribution is 5.89. The standard InChI is InChI=1S/C20H34N2O4/c1-13(2)19(9-7-15(5)11-17(19)23)21(25)22(26)20(14(3)4)10-8-16(6)12-18(20)24/h13-16H,7-12H2,1-6H3/b22-21+. The van der Waals surface area contributed by atoms with Crippen molar-refractivity contribution in [3.63, 3.8) is 0 Å². The number of hydroxylamine groups is 2. The minimum absolute atomic E-state index is 0.169. The summed E-state index contributed by atoms with van der Waals surface area (Å²) in [4.78, 5) is 26.5. The van der Waals surface area contributed by atoms with Crippen molar-refractivity contribution in [3.8, 4) is 0 Å². The lowest BCUT2D eigenvalue weighted by molar-refractivity contribution is -1.02. The monoisotopic (exact) mass is 366 g/mol.